The largest absolute Gasteiger partial charge is 0.494 e. The number of hydrogen-bond acceptors (Lipinski definition) is 6. The molecule has 2 saturated heterocycles. The molecule has 190 valence electrons. The monoisotopic (exact) mass is 480 g/mol. The number of ether oxygens (including phenoxy) is 4. The minimum atomic E-state index is 0.251. The molecule has 0 amide bonds. The lowest BCUT2D eigenvalue weighted by Gasteiger charge is -2.38. The van der Waals surface area contributed by atoms with E-state index in [1.165, 1.54) is 61.9 Å². The van der Waals surface area contributed by atoms with Crippen molar-refractivity contribution in [2.75, 3.05) is 60.7 Å². The van der Waals surface area contributed by atoms with Crippen molar-refractivity contribution in [2.24, 2.45) is 0 Å². The van der Waals surface area contributed by atoms with Crippen LogP contribution in [0.1, 0.15) is 67.2 Å². The molecule has 0 unspecified atom stereocenters. The van der Waals surface area contributed by atoms with Gasteiger partial charge in [0.1, 0.15) is 5.75 Å². The normalized spacial score (nSPS) is 22.4. The predicted molar refractivity (Wildman–Crippen MR) is 138 cm³/mol. The minimum Gasteiger partial charge on any atom is -0.494 e. The highest BCUT2D eigenvalue weighted by molar-refractivity contribution is 5.57. The first-order valence-electron chi connectivity index (χ1n) is 13.2. The van der Waals surface area contributed by atoms with Gasteiger partial charge in [0.15, 0.2) is 11.5 Å². The molecule has 0 saturated carbocycles. The van der Waals surface area contributed by atoms with E-state index in [2.05, 4.69) is 40.1 Å². The molecule has 2 aromatic rings. The molecule has 6 nitrogen and oxygen atoms in total. The molecule has 6 heteroatoms. The van der Waals surface area contributed by atoms with Crippen molar-refractivity contribution in [3.05, 3.63) is 47.0 Å². The second-order valence-electron chi connectivity index (χ2n) is 10.1. The Balaban J connectivity index is 1.37. The third-order valence-electron chi connectivity index (χ3n) is 8.00. The first kappa shape index (κ1) is 24.3. The summed E-state index contributed by atoms with van der Waals surface area (Å²) in [6.45, 7) is 6.57. The molecular formula is C29H40N2O4. The molecule has 0 aliphatic carbocycles. The van der Waals surface area contributed by atoms with E-state index in [1.54, 1.807) is 21.3 Å². The standard InChI is InChI=1S/C29H40N2O4/c1-32-27-17-21(18-28(33-2)29(27)34-3)25-20-31-15-7-9-26(31)24-19-22(10-11-23(24)25)35-16-8-14-30-12-5-4-6-13-30/h10-11,17-19,25-26H,4-9,12-16,20H2,1-3H3/t25-,26+/m1/s1. The highest BCUT2D eigenvalue weighted by Crippen LogP contribution is 2.48. The van der Waals surface area contributed by atoms with Gasteiger partial charge in [0.05, 0.1) is 27.9 Å². The first-order valence-corrected chi connectivity index (χ1v) is 13.2. The minimum absolute atomic E-state index is 0.251. The van der Waals surface area contributed by atoms with Gasteiger partial charge in [-0.3, -0.25) is 4.90 Å². The van der Waals surface area contributed by atoms with E-state index in [1.807, 2.05) is 0 Å². The second kappa shape index (κ2) is 11.1. The van der Waals surface area contributed by atoms with Gasteiger partial charge in [-0.2, -0.15) is 0 Å². The zero-order valence-corrected chi connectivity index (χ0v) is 21.6. The third kappa shape index (κ3) is 5.10. The maximum absolute atomic E-state index is 6.25. The van der Waals surface area contributed by atoms with Crippen molar-refractivity contribution < 1.29 is 18.9 Å². The zero-order chi connectivity index (χ0) is 24.2. The van der Waals surface area contributed by atoms with Crippen LogP contribution in [-0.4, -0.2) is 70.5 Å². The Morgan fingerprint density at radius 2 is 1.60 bits per heavy atom. The molecule has 0 spiro atoms. The van der Waals surface area contributed by atoms with E-state index in [-0.39, 0.29) is 5.92 Å². The molecule has 0 N–H and O–H groups in total. The van der Waals surface area contributed by atoms with E-state index >= 15 is 0 Å². The highest BCUT2D eigenvalue weighted by Gasteiger charge is 2.37. The number of methoxy groups -OCH3 is 3. The van der Waals surface area contributed by atoms with Crippen molar-refractivity contribution in [3.8, 4) is 23.0 Å². The van der Waals surface area contributed by atoms with Crippen LogP contribution in [0.15, 0.2) is 30.3 Å². The quantitative estimate of drug-likeness (QED) is 0.457. The zero-order valence-electron chi connectivity index (χ0n) is 21.6. The van der Waals surface area contributed by atoms with Crippen LogP contribution in [0.3, 0.4) is 0 Å². The molecule has 2 aromatic carbocycles. The second-order valence-corrected chi connectivity index (χ2v) is 10.1. The van der Waals surface area contributed by atoms with E-state index in [9.17, 15) is 0 Å². The van der Waals surface area contributed by atoms with Gasteiger partial charge in [-0.1, -0.05) is 12.5 Å². The number of benzene rings is 2. The first-order chi connectivity index (χ1) is 17.2. The summed E-state index contributed by atoms with van der Waals surface area (Å²) in [4.78, 5) is 5.22. The van der Waals surface area contributed by atoms with Gasteiger partial charge in [0.2, 0.25) is 5.75 Å². The van der Waals surface area contributed by atoms with Gasteiger partial charge in [-0.15, -0.1) is 0 Å². The summed E-state index contributed by atoms with van der Waals surface area (Å²) in [6, 6.07) is 11.5. The Labute approximate surface area is 210 Å². The summed E-state index contributed by atoms with van der Waals surface area (Å²) in [5, 5.41) is 0. The molecule has 5 rings (SSSR count). The van der Waals surface area contributed by atoms with Crippen LogP contribution < -0.4 is 18.9 Å². The van der Waals surface area contributed by atoms with Crippen LogP contribution in [0.2, 0.25) is 0 Å². The van der Waals surface area contributed by atoms with Crippen LogP contribution in [0.5, 0.6) is 23.0 Å². The Morgan fingerprint density at radius 1 is 0.829 bits per heavy atom. The SMILES string of the molecule is COc1cc([C@H]2CN3CCC[C@H]3c3cc(OCCCN4CCCCC4)ccc32)cc(OC)c1OC. The van der Waals surface area contributed by atoms with Gasteiger partial charge in [-0.05, 0) is 92.7 Å². The fourth-order valence-electron chi connectivity index (χ4n) is 6.23. The number of fused-ring (bicyclic) bond motifs is 3. The number of piperidine rings is 1. The van der Waals surface area contributed by atoms with Gasteiger partial charge in [0.25, 0.3) is 0 Å². The van der Waals surface area contributed by atoms with Crippen molar-refractivity contribution in [2.45, 2.75) is 50.5 Å². The molecule has 3 aliphatic heterocycles. The molecule has 2 fully saturated rings. The van der Waals surface area contributed by atoms with Gasteiger partial charge >= 0.3 is 0 Å². The van der Waals surface area contributed by atoms with Crippen molar-refractivity contribution >= 4 is 0 Å². The smallest absolute Gasteiger partial charge is 0.203 e. The molecule has 35 heavy (non-hydrogen) atoms. The van der Waals surface area contributed by atoms with Crippen molar-refractivity contribution in [1.29, 1.82) is 0 Å². The van der Waals surface area contributed by atoms with Gasteiger partial charge in [-0.25, -0.2) is 0 Å². The summed E-state index contributed by atoms with van der Waals surface area (Å²) < 4.78 is 23.1. The Hall–Kier alpha value is -2.44. The maximum Gasteiger partial charge on any atom is 0.203 e. The molecule has 0 bridgehead atoms. The van der Waals surface area contributed by atoms with E-state index in [0.717, 1.165) is 38.4 Å². The predicted octanol–water partition coefficient (Wildman–Crippen LogP) is 5.25. The van der Waals surface area contributed by atoms with Crippen molar-refractivity contribution in [1.82, 2.24) is 9.80 Å². The van der Waals surface area contributed by atoms with Crippen LogP contribution >= 0.6 is 0 Å². The fraction of sp³-hybridized carbons (Fsp3) is 0.586. The van der Waals surface area contributed by atoms with Crippen LogP contribution in [0, 0.1) is 0 Å². The van der Waals surface area contributed by atoms with Gasteiger partial charge in [0, 0.05) is 25.0 Å². The van der Waals surface area contributed by atoms with E-state index < -0.39 is 0 Å². The summed E-state index contributed by atoms with van der Waals surface area (Å²) in [5.41, 5.74) is 4.01. The fourth-order valence-corrected chi connectivity index (χ4v) is 6.23. The Morgan fingerprint density at radius 3 is 2.31 bits per heavy atom. The molecule has 0 radical (unpaired) electrons. The lowest BCUT2D eigenvalue weighted by molar-refractivity contribution is 0.204. The maximum atomic E-state index is 6.25. The topological polar surface area (TPSA) is 43.4 Å². The summed E-state index contributed by atoms with van der Waals surface area (Å²) in [6.07, 6.45) is 7.62. The molecule has 3 heterocycles. The van der Waals surface area contributed by atoms with Crippen LogP contribution in [0.4, 0.5) is 0 Å². The van der Waals surface area contributed by atoms with Crippen molar-refractivity contribution in [3.63, 3.8) is 0 Å². The molecular weight excluding hydrogens is 440 g/mol. The number of hydrogen-bond donors (Lipinski definition) is 0. The lowest BCUT2D eigenvalue weighted by Crippen LogP contribution is -2.34. The van der Waals surface area contributed by atoms with E-state index in [0.29, 0.717) is 23.3 Å². The van der Waals surface area contributed by atoms with Crippen LogP contribution in [-0.2, 0) is 0 Å². The third-order valence-corrected chi connectivity index (χ3v) is 8.00. The van der Waals surface area contributed by atoms with Gasteiger partial charge < -0.3 is 23.8 Å². The summed E-state index contributed by atoms with van der Waals surface area (Å²) in [5.74, 6) is 3.31. The van der Waals surface area contributed by atoms with E-state index in [4.69, 9.17) is 18.9 Å². The number of rotatable bonds is 9. The summed E-state index contributed by atoms with van der Waals surface area (Å²) >= 11 is 0. The van der Waals surface area contributed by atoms with Crippen LogP contribution in [0.25, 0.3) is 0 Å². The number of likely N-dealkylation sites (tertiary alicyclic amines) is 1. The Bertz CT molecular complexity index is 979. The molecule has 0 aromatic heterocycles. The summed E-state index contributed by atoms with van der Waals surface area (Å²) in [7, 11) is 5.02. The Kier molecular flexibility index (Phi) is 7.69. The highest BCUT2D eigenvalue weighted by atomic mass is 16.5. The average molecular weight is 481 g/mol. The lowest BCUT2D eigenvalue weighted by atomic mass is 9.81. The average Bonchev–Trinajstić information content (AvgIpc) is 3.39. The molecule has 2 atom stereocenters. The number of nitrogens with zero attached hydrogens (tertiary/aromatic N) is 2. The molecule has 3 aliphatic rings.